The molecule has 0 aromatic rings. The van der Waals surface area contributed by atoms with Crippen molar-refractivity contribution >= 4 is 19.8 Å². The van der Waals surface area contributed by atoms with E-state index in [2.05, 4.69) is 26.0 Å². The molecule has 0 amide bonds. The highest BCUT2D eigenvalue weighted by molar-refractivity contribution is 7.47. The van der Waals surface area contributed by atoms with Crippen molar-refractivity contribution in [3.63, 3.8) is 0 Å². The maximum Gasteiger partial charge on any atom is 0.472 e. The Hall–Kier alpha value is -1.25. The number of hydrogen-bond donors (Lipinski definition) is 1. The van der Waals surface area contributed by atoms with Crippen molar-refractivity contribution < 1.29 is 42.1 Å². The van der Waals surface area contributed by atoms with Crippen LogP contribution >= 0.6 is 7.82 Å². The van der Waals surface area contributed by atoms with Crippen LogP contribution in [0, 0.1) is 0 Å². The molecule has 0 aliphatic rings. The third-order valence-electron chi connectivity index (χ3n) is 11.3. The van der Waals surface area contributed by atoms with Gasteiger partial charge in [0.15, 0.2) is 6.10 Å². The van der Waals surface area contributed by atoms with Crippen molar-refractivity contribution in [3.05, 3.63) is 12.2 Å². The molecule has 9 nitrogen and oxygen atoms in total. The zero-order chi connectivity index (χ0) is 44.3. The summed E-state index contributed by atoms with van der Waals surface area (Å²) in [7, 11) is 1.48. The van der Waals surface area contributed by atoms with Crippen LogP contribution in [0.25, 0.3) is 0 Å². The van der Waals surface area contributed by atoms with Crippen molar-refractivity contribution in [1.82, 2.24) is 0 Å². The van der Waals surface area contributed by atoms with Crippen LogP contribution in [0.2, 0.25) is 0 Å². The molecule has 356 valence electrons. The molecule has 0 aromatic heterocycles. The third-order valence-corrected chi connectivity index (χ3v) is 12.3. The Morgan fingerprint density at radius 3 is 1.27 bits per heavy atom. The maximum absolute atomic E-state index is 12.7. The molecule has 60 heavy (non-hydrogen) atoms. The number of quaternary nitrogens is 1. The Labute approximate surface area is 371 Å². The number of unbranched alkanes of at least 4 members (excludes halogenated alkanes) is 31. The second-order valence-corrected chi connectivity index (χ2v) is 20.0. The van der Waals surface area contributed by atoms with Gasteiger partial charge in [-0.05, 0) is 38.5 Å². The largest absolute Gasteiger partial charge is 0.472 e. The van der Waals surface area contributed by atoms with Crippen molar-refractivity contribution in [1.29, 1.82) is 0 Å². The molecule has 0 bridgehead atoms. The summed E-state index contributed by atoms with van der Waals surface area (Å²) in [6.07, 6.45) is 47.0. The van der Waals surface area contributed by atoms with Gasteiger partial charge in [-0.1, -0.05) is 206 Å². The van der Waals surface area contributed by atoms with Gasteiger partial charge in [-0.25, -0.2) is 4.57 Å². The van der Waals surface area contributed by atoms with E-state index in [0.717, 1.165) is 38.5 Å². The van der Waals surface area contributed by atoms with E-state index in [0.29, 0.717) is 23.9 Å². The number of phosphoric ester groups is 1. The summed E-state index contributed by atoms with van der Waals surface area (Å²) in [5, 5.41) is 0. The van der Waals surface area contributed by atoms with Gasteiger partial charge in [0.05, 0.1) is 27.7 Å². The number of esters is 2. The molecule has 1 unspecified atom stereocenters. The number of hydrogen-bond acceptors (Lipinski definition) is 7. The molecule has 0 radical (unpaired) electrons. The van der Waals surface area contributed by atoms with E-state index in [9.17, 15) is 19.0 Å². The Kier molecular flexibility index (Phi) is 42.1. The van der Waals surface area contributed by atoms with Gasteiger partial charge in [0.2, 0.25) is 0 Å². The minimum Gasteiger partial charge on any atom is -0.462 e. The molecule has 0 spiro atoms. The van der Waals surface area contributed by atoms with Crippen LogP contribution in [0.3, 0.4) is 0 Å². The fourth-order valence-electron chi connectivity index (χ4n) is 7.31. The molecule has 0 fully saturated rings. The molecule has 0 saturated heterocycles. The Bertz CT molecular complexity index is 1030. The van der Waals surface area contributed by atoms with Gasteiger partial charge in [-0.15, -0.1) is 0 Å². The lowest BCUT2D eigenvalue weighted by Gasteiger charge is -2.24. The molecule has 0 rings (SSSR count). The second kappa shape index (κ2) is 43.0. The number of rotatable bonds is 47. The lowest BCUT2D eigenvalue weighted by atomic mass is 10.0. The number of allylic oxidation sites excluding steroid dienone is 2. The van der Waals surface area contributed by atoms with E-state index in [1.807, 2.05) is 21.1 Å². The number of carbonyl (C=O) groups excluding carboxylic acids is 2. The minimum atomic E-state index is -4.38. The number of nitrogens with zero attached hydrogens (tertiary/aromatic N) is 1. The van der Waals surface area contributed by atoms with E-state index in [-0.39, 0.29) is 25.6 Å². The van der Waals surface area contributed by atoms with E-state index < -0.39 is 26.5 Å². The van der Waals surface area contributed by atoms with Crippen LogP contribution in [-0.4, -0.2) is 74.9 Å². The van der Waals surface area contributed by atoms with Crippen LogP contribution in [0.15, 0.2) is 12.2 Å². The second-order valence-electron chi connectivity index (χ2n) is 18.6. The number of carbonyl (C=O) groups is 2. The van der Waals surface area contributed by atoms with Crippen LogP contribution in [0.1, 0.15) is 245 Å². The van der Waals surface area contributed by atoms with Gasteiger partial charge in [0.25, 0.3) is 0 Å². The third kappa shape index (κ3) is 46.3. The monoisotopic (exact) mass is 873 g/mol. The standard InChI is InChI=1S/C50H98NO8P/c1-6-8-10-12-14-16-18-20-22-23-24-25-26-27-29-30-32-34-36-38-40-42-49(52)56-46-48(47-58-60(54,55)57-45-44-51(3,4)5)59-50(53)43-41-39-37-35-33-31-28-21-19-17-15-13-11-9-7-2/h33,35,48H,6-32,34,36-47H2,1-5H3/p+1/b35-33-/t48-/m1/s1. The summed E-state index contributed by atoms with van der Waals surface area (Å²) in [5.41, 5.74) is 0. The number of likely N-dealkylation sites (N-methyl/N-ethyl adjacent to an activating group) is 1. The van der Waals surface area contributed by atoms with Gasteiger partial charge >= 0.3 is 19.8 Å². The van der Waals surface area contributed by atoms with Gasteiger partial charge in [-0.2, -0.15) is 0 Å². The van der Waals surface area contributed by atoms with Crippen molar-refractivity contribution in [3.8, 4) is 0 Å². The van der Waals surface area contributed by atoms with Crippen molar-refractivity contribution in [2.45, 2.75) is 251 Å². The summed E-state index contributed by atoms with van der Waals surface area (Å²) in [5.74, 6) is -0.809. The smallest absolute Gasteiger partial charge is 0.462 e. The molecule has 10 heteroatoms. The highest BCUT2D eigenvalue weighted by Crippen LogP contribution is 2.43. The first-order chi connectivity index (χ1) is 29.0. The van der Waals surface area contributed by atoms with E-state index in [4.69, 9.17) is 18.5 Å². The first kappa shape index (κ1) is 58.8. The fraction of sp³-hybridized carbons (Fsp3) is 0.920. The van der Waals surface area contributed by atoms with Crippen LogP contribution < -0.4 is 0 Å². The van der Waals surface area contributed by atoms with Gasteiger partial charge in [0.1, 0.15) is 19.8 Å². The Morgan fingerprint density at radius 2 is 0.850 bits per heavy atom. The molecule has 0 saturated carbocycles. The van der Waals surface area contributed by atoms with Crippen molar-refractivity contribution in [2.24, 2.45) is 0 Å². The Morgan fingerprint density at radius 1 is 0.500 bits per heavy atom. The van der Waals surface area contributed by atoms with Gasteiger partial charge in [-0.3, -0.25) is 18.6 Å². The summed E-state index contributed by atoms with van der Waals surface area (Å²) < 4.78 is 34.4. The number of phosphoric acid groups is 1. The number of ether oxygens (including phenoxy) is 2. The molecule has 0 aromatic carbocycles. The zero-order valence-electron chi connectivity index (χ0n) is 40.2. The molecule has 1 N–H and O–H groups in total. The summed E-state index contributed by atoms with van der Waals surface area (Å²) >= 11 is 0. The Balaban J connectivity index is 4.21. The zero-order valence-corrected chi connectivity index (χ0v) is 41.1. The van der Waals surface area contributed by atoms with Crippen LogP contribution in [-0.2, 0) is 32.7 Å². The summed E-state index contributed by atoms with van der Waals surface area (Å²) in [4.78, 5) is 35.5. The lowest BCUT2D eigenvalue weighted by Crippen LogP contribution is -2.37. The normalized spacial score (nSPS) is 13.5. The van der Waals surface area contributed by atoms with E-state index in [1.54, 1.807) is 0 Å². The molecule has 0 heterocycles. The van der Waals surface area contributed by atoms with E-state index in [1.165, 1.54) is 173 Å². The topological polar surface area (TPSA) is 108 Å². The van der Waals surface area contributed by atoms with Crippen LogP contribution in [0.4, 0.5) is 0 Å². The first-order valence-corrected chi connectivity index (χ1v) is 26.9. The maximum atomic E-state index is 12.7. The summed E-state index contributed by atoms with van der Waals surface area (Å²) in [6.45, 7) is 4.45. The minimum absolute atomic E-state index is 0.0316. The van der Waals surface area contributed by atoms with Crippen LogP contribution in [0.5, 0.6) is 0 Å². The highest BCUT2D eigenvalue weighted by atomic mass is 31.2. The molecule has 2 atom stereocenters. The predicted octanol–water partition coefficient (Wildman–Crippen LogP) is 14.9. The molecule has 0 aliphatic heterocycles. The highest BCUT2D eigenvalue weighted by Gasteiger charge is 2.27. The average molecular weight is 873 g/mol. The van der Waals surface area contributed by atoms with Gasteiger partial charge < -0.3 is 18.9 Å². The quantitative estimate of drug-likeness (QED) is 0.0212. The van der Waals surface area contributed by atoms with Gasteiger partial charge in [0, 0.05) is 12.8 Å². The lowest BCUT2D eigenvalue weighted by molar-refractivity contribution is -0.870. The SMILES string of the molecule is CCCCCCCCCCC/C=C\CCCCC(=O)O[C@H](COC(=O)CCCCCCCCCCCCCCCCCCCCCCC)COP(=O)(O)OCC[N+](C)(C)C. The predicted molar refractivity (Wildman–Crippen MR) is 252 cm³/mol. The van der Waals surface area contributed by atoms with Crippen molar-refractivity contribution in [2.75, 3.05) is 47.5 Å². The average Bonchev–Trinajstić information content (AvgIpc) is 3.20. The molecular weight excluding hydrogens is 774 g/mol. The summed E-state index contributed by atoms with van der Waals surface area (Å²) in [6, 6.07) is 0. The first-order valence-electron chi connectivity index (χ1n) is 25.4. The van der Waals surface area contributed by atoms with E-state index >= 15 is 0 Å². The molecule has 0 aliphatic carbocycles. The molecular formula is C50H99NO8P+. The fourth-order valence-corrected chi connectivity index (χ4v) is 8.05.